The molecule has 0 spiro atoms. The van der Waals surface area contributed by atoms with Gasteiger partial charge in [-0.15, -0.1) is 5.10 Å². The summed E-state index contributed by atoms with van der Waals surface area (Å²) in [4.78, 5) is 43.5. The van der Waals surface area contributed by atoms with Crippen molar-refractivity contribution >= 4 is 69.1 Å². The Kier molecular flexibility index (Phi) is 6.09. The Morgan fingerprint density at radius 1 is 1.39 bits per heavy atom. The SMILES string of the molecule is Nc1cc(SC2=C(C(=O)O)N3C(=O)[C@@H](NC(=O)/C(=N\O)c4nc(N)sc4Cl)C3CC2)cnn1. The molecule has 4 heterocycles. The number of oxime groups is 1. The normalized spacial score (nSPS) is 20.3. The van der Waals surface area contributed by atoms with Gasteiger partial charge in [-0.05, 0) is 18.9 Å². The van der Waals surface area contributed by atoms with E-state index in [4.69, 9.17) is 23.1 Å². The molecule has 2 aromatic heterocycles. The monoisotopic (exact) mass is 510 g/mol. The third-order valence-corrected chi connectivity index (χ3v) is 7.10. The van der Waals surface area contributed by atoms with Crippen LogP contribution in [0.2, 0.25) is 4.34 Å². The fourth-order valence-corrected chi connectivity index (χ4v) is 5.56. The molecule has 7 N–H and O–H groups in total. The molecule has 16 heteroatoms. The van der Waals surface area contributed by atoms with Gasteiger partial charge in [0.1, 0.15) is 27.6 Å². The molecule has 172 valence electrons. The minimum absolute atomic E-state index is 0.0404. The fourth-order valence-electron chi connectivity index (χ4n) is 3.56. The van der Waals surface area contributed by atoms with Crippen LogP contribution in [0.5, 0.6) is 0 Å². The number of carbonyl (C=O) groups excluding carboxylic acids is 2. The van der Waals surface area contributed by atoms with Crippen molar-refractivity contribution < 1.29 is 24.7 Å². The summed E-state index contributed by atoms with van der Waals surface area (Å²) >= 11 is 7.99. The number of carboxylic acids is 1. The van der Waals surface area contributed by atoms with E-state index < -0.39 is 35.6 Å². The predicted octanol–water partition coefficient (Wildman–Crippen LogP) is 0.507. The number of aromatic nitrogens is 3. The van der Waals surface area contributed by atoms with Crippen molar-refractivity contribution in [3.8, 4) is 0 Å². The lowest BCUT2D eigenvalue weighted by atomic mass is 9.86. The Balaban J connectivity index is 1.54. The molecular formula is C17H15ClN8O5S2. The first-order valence-corrected chi connectivity index (χ1v) is 11.2. The van der Waals surface area contributed by atoms with E-state index in [1.165, 1.54) is 6.20 Å². The highest BCUT2D eigenvalue weighted by molar-refractivity contribution is 8.03. The van der Waals surface area contributed by atoms with E-state index in [1.807, 2.05) is 0 Å². The number of carboxylic acid groups (broad SMARTS) is 1. The minimum Gasteiger partial charge on any atom is -0.477 e. The summed E-state index contributed by atoms with van der Waals surface area (Å²) in [5.74, 6) is -2.62. The van der Waals surface area contributed by atoms with E-state index in [2.05, 4.69) is 25.7 Å². The minimum atomic E-state index is -1.28. The van der Waals surface area contributed by atoms with Crippen molar-refractivity contribution in [3.05, 3.63) is 32.9 Å². The zero-order chi connectivity index (χ0) is 23.9. The number of allylic oxidation sites excluding steroid dienone is 1. The van der Waals surface area contributed by atoms with Gasteiger partial charge in [0.25, 0.3) is 11.8 Å². The average Bonchev–Trinajstić information content (AvgIpc) is 3.09. The van der Waals surface area contributed by atoms with Gasteiger partial charge in [-0.3, -0.25) is 14.5 Å². The summed E-state index contributed by atoms with van der Waals surface area (Å²) in [6.07, 6.45) is 2.16. The van der Waals surface area contributed by atoms with Crippen molar-refractivity contribution in [1.82, 2.24) is 25.4 Å². The fraction of sp³-hybridized carbons (Fsp3) is 0.235. The van der Waals surface area contributed by atoms with Gasteiger partial charge in [0.05, 0.1) is 12.2 Å². The number of aliphatic carboxylic acids is 1. The smallest absolute Gasteiger partial charge is 0.353 e. The second kappa shape index (κ2) is 8.84. The maximum atomic E-state index is 12.8. The molecule has 13 nitrogen and oxygen atoms in total. The molecule has 0 radical (unpaired) electrons. The molecule has 0 aromatic carbocycles. The van der Waals surface area contributed by atoms with Gasteiger partial charge < -0.3 is 27.1 Å². The summed E-state index contributed by atoms with van der Waals surface area (Å²) in [5.41, 5.74) is 10.4. The zero-order valence-electron chi connectivity index (χ0n) is 16.4. The first-order chi connectivity index (χ1) is 15.7. The molecule has 33 heavy (non-hydrogen) atoms. The van der Waals surface area contributed by atoms with E-state index in [-0.39, 0.29) is 26.7 Å². The molecular weight excluding hydrogens is 496 g/mol. The van der Waals surface area contributed by atoms with Gasteiger partial charge in [0.15, 0.2) is 10.8 Å². The number of rotatable bonds is 6. The van der Waals surface area contributed by atoms with E-state index >= 15 is 0 Å². The van der Waals surface area contributed by atoms with Gasteiger partial charge in [-0.1, -0.05) is 39.9 Å². The largest absolute Gasteiger partial charge is 0.477 e. The number of hydrogen-bond acceptors (Lipinski definition) is 12. The van der Waals surface area contributed by atoms with Crippen LogP contribution in [0.1, 0.15) is 18.5 Å². The van der Waals surface area contributed by atoms with Crippen molar-refractivity contribution in [2.75, 3.05) is 11.5 Å². The van der Waals surface area contributed by atoms with E-state index in [0.717, 1.165) is 28.0 Å². The standard InChI is InChI=1S/C17H15ClN8O5S2/c18-13-10(23-17(20)33-13)11(25-31)14(27)22-9-6-1-2-7(12(16(29)30)26(6)15(9)28)32-5-3-8(19)24-21-4-5/h3-4,6,9,31H,1-2H2,(H2,19,24)(H2,20,23)(H,22,27)(H,29,30)/b25-11-/t6?,9-/m0/s1. The second-order valence-corrected chi connectivity index (χ2v) is 9.68. The molecule has 1 fully saturated rings. The highest BCUT2D eigenvalue weighted by Crippen LogP contribution is 2.43. The van der Waals surface area contributed by atoms with Crippen LogP contribution < -0.4 is 16.8 Å². The van der Waals surface area contributed by atoms with Crippen LogP contribution in [0, 0.1) is 0 Å². The summed E-state index contributed by atoms with van der Waals surface area (Å²) in [7, 11) is 0. The third kappa shape index (κ3) is 4.17. The molecule has 2 amide bonds. The molecule has 0 aliphatic carbocycles. The van der Waals surface area contributed by atoms with Gasteiger partial charge in [-0.2, -0.15) is 5.10 Å². The number of thiazole rings is 1. The van der Waals surface area contributed by atoms with Crippen LogP contribution in [-0.2, 0) is 14.4 Å². The number of anilines is 2. The lowest BCUT2D eigenvalue weighted by Gasteiger charge is -2.50. The molecule has 2 aliphatic rings. The van der Waals surface area contributed by atoms with Crippen LogP contribution in [-0.4, -0.2) is 66.0 Å². The van der Waals surface area contributed by atoms with Gasteiger partial charge >= 0.3 is 5.97 Å². The highest BCUT2D eigenvalue weighted by atomic mass is 35.5. The van der Waals surface area contributed by atoms with E-state index in [9.17, 15) is 24.7 Å². The van der Waals surface area contributed by atoms with Crippen molar-refractivity contribution in [2.24, 2.45) is 5.16 Å². The van der Waals surface area contributed by atoms with Crippen LogP contribution in [0.4, 0.5) is 10.9 Å². The molecule has 2 aromatic rings. The van der Waals surface area contributed by atoms with E-state index in [1.54, 1.807) is 6.07 Å². The van der Waals surface area contributed by atoms with Crippen LogP contribution in [0.25, 0.3) is 0 Å². The lowest BCUT2D eigenvalue weighted by Crippen LogP contribution is -2.72. The topological polar surface area (TPSA) is 210 Å². The van der Waals surface area contributed by atoms with Gasteiger partial charge in [0, 0.05) is 9.80 Å². The number of nitrogens with one attached hydrogen (secondary N) is 1. The number of thioether (sulfide) groups is 1. The average molecular weight is 511 g/mol. The zero-order valence-corrected chi connectivity index (χ0v) is 18.8. The molecule has 1 saturated heterocycles. The first-order valence-electron chi connectivity index (χ1n) is 9.22. The van der Waals surface area contributed by atoms with Crippen LogP contribution >= 0.6 is 34.7 Å². The second-order valence-electron chi connectivity index (χ2n) is 6.88. The lowest BCUT2D eigenvalue weighted by molar-refractivity contribution is -0.155. The van der Waals surface area contributed by atoms with E-state index in [0.29, 0.717) is 22.6 Å². The maximum Gasteiger partial charge on any atom is 0.353 e. The number of nitrogens with two attached hydrogens (primary N) is 2. The Hall–Kier alpha value is -3.43. The summed E-state index contributed by atoms with van der Waals surface area (Å²) < 4.78 is 0.0404. The molecule has 4 rings (SSSR count). The molecule has 0 saturated carbocycles. The van der Waals surface area contributed by atoms with Crippen LogP contribution in [0.3, 0.4) is 0 Å². The number of amides is 2. The van der Waals surface area contributed by atoms with Crippen LogP contribution in [0.15, 0.2) is 32.9 Å². The number of nitrogen functional groups attached to an aromatic ring is 2. The third-order valence-electron chi connectivity index (χ3n) is 4.91. The molecule has 2 atom stereocenters. The van der Waals surface area contributed by atoms with Crippen molar-refractivity contribution in [1.29, 1.82) is 0 Å². The molecule has 2 aliphatic heterocycles. The van der Waals surface area contributed by atoms with Crippen molar-refractivity contribution in [2.45, 2.75) is 29.8 Å². The summed E-state index contributed by atoms with van der Waals surface area (Å²) in [6.45, 7) is 0. The first kappa shape index (κ1) is 22.8. The number of halogens is 1. The summed E-state index contributed by atoms with van der Waals surface area (Å²) in [5, 5.41) is 31.9. The number of fused-ring (bicyclic) bond motifs is 1. The van der Waals surface area contributed by atoms with Gasteiger partial charge in [-0.25, -0.2) is 9.78 Å². The van der Waals surface area contributed by atoms with Gasteiger partial charge in [0.2, 0.25) is 0 Å². The number of hydrogen-bond donors (Lipinski definition) is 5. The quantitative estimate of drug-likeness (QED) is 0.156. The molecule has 1 unspecified atom stereocenters. The molecule has 0 bridgehead atoms. The Bertz CT molecular complexity index is 1230. The Morgan fingerprint density at radius 3 is 2.76 bits per heavy atom. The number of β-lactam (4-membered cyclic amide) rings is 1. The van der Waals surface area contributed by atoms with Crippen molar-refractivity contribution in [3.63, 3.8) is 0 Å². The summed E-state index contributed by atoms with van der Waals surface area (Å²) in [6, 6.07) is -0.0554. The Morgan fingerprint density at radius 2 is 2.15 bits per heavy atom. The number of nitrogens with zero attached hydrogens (tertiary/aromatic N) is 5. The predicted molar refractivity (Wildman–Crippen MR) is 119 cm³/mol. The highest BCUT2D eigenvalue weighted by Gasteiger charge is 2.53. The number of carbonyl (C=O) groups is 3. The maximum absolute atomic E-state index is 12.8. The Labute approximate surface area is 198 Å².